The fourth-order valence-corrected chi connectivity index (χ4v) is 2.12. The number of aromatic nitrogens is 3. The summed E-state index contributed by atoms with van der Waals surface area (Å²) >= 11 is 0. The molecule has 0 aliphatic carbocycles. The van der Waals surface area contributed by atoms with Gasteiger partial charge in [0.1, 0.15) is 12.2 Å². The highest BCUT2D eigenvalue weighted by molar-refractivity contribution is 5.90. The first-order chi connectivity index (χ1) is 11.9. The maximum absolute atomic E-state index is 12.5. The van der Waals surface area contributed by atoms with Crippen LogP contribution in [0.15, 0.2) is 24.5 Å². The van der Waals surface area contributed by atoms with Crippen molar-refractivity contribution in [3.8, 4) is 5.88 Å². The molecule has 0 bridgehead atoms. The molecule has 6 nitrogen and oxygen atoms in total. The van der Waals surface area contributed by atoms with Gasteiger partial charge in [-0.25, -0.2) is 9.78 Å². The van der Waals surface area contributed by atoms with Gasteiger partial charge < -0.3 is 9.47 Å². The maximum Gasteiger partial charge on any atom is 0.417 e. The number of alkyl halides is 3. The molecular weight excluding hydrogens is 339 g/mol. The average molecular weight is 357 g/mol. The van der Waals surface area contributed by atoms with Gasteiger partial charge in [0.05, 0.1) is 24.1 Å². The molecule has 0 saturated heterocycles. The molecule has 0 atom stereocenters. The summed E-state index contributed by atoms with van der Waals surface area (Å²) in [4.78, 5) is 15.6. The molecule has 0 radical (unpaired) electrons. The predicted molar refractivity (Wildman–Crippen MR) is 82.0 cm³/mol. The maximum atomic E-state index is 12.5. The van der Waals surface area contributed by atoms with E-state index in [1.54, 1.807) is 11.6 Å². The van der Waals surface area contributed by atoms with Crippen LogP contribution in [0.3, 0.4) is 0 Å². The molecule has 25 heavy (non-hydrogen) atoms. The Kier molecular flexibility index (Phi) is 6.00. The lowest BCUT2D eigenvalue weighted by Crippen LogP contribution is -2.13. The lowest BCUT2D eigenvalue weighted by atomic mass is 10.2. The molecule has 0 aromatic carbocycles. The number of pyridine rings is 1. The van der Waals surface area contributed by atoms with E-state index in [0.717, 1.165) is 18.6 Å². The summed E-state index contributed by atoms with van der Waals surface area (Å²) in [5.41, 5.74) is -0.104. The Morgan fingerprint density at radius 2 is 2.00 bits per heavy atom. The lowest BCUT2D eigenvalue weighted by molar-refractivity contribution is -0.137. The fourth-order valence-electron chi connectivity index (χ4n) is 2.12. The fraction of sp³-hybridized carbons (Fsp3) is 0.438. The van der Waals surface area contributed by atoms with Crippen molar-refractivity contribution in [1.82, 2.24) is 14.8 Å². The quantitative estimate of drug-likeness (QED) is 0.710. The molecule has 2 heterocycles. The number of carbonyl (C=O) groups is 1. The smallest absolute Gasteiger partial charge is 0.417 e. The first-order valence-electron chi connectivity index (χ1n) is 7.74. The highest BCUT2D eigenvalue weighted by Gasteiger charge is 2.30. The molecule has 0 aliphatic rings. The third kappa shape index (κ3) is 4.71. The molecule has 136 valence electrons. The van der Waals surface area contributed by atoms with E-state index in [9.17, 15) is 18.0 Å². The number of nitrogens with zero attached hydrogens (tertiary/aromatic N) is 3. The van der Waals surface area contributed by atoms with Crippen molar-refractivity contribution >= 4 is 5.97 Å². The monoisotopic (exact) mass is 357 g/mol. The first kappa shape index (κ1) is 18.8. The van der Waals surface area contributed by atoms with Gasteiger partial charge in [0, 0.05) is 18.8 Å². The van der Waals surface area contributed by atoms with E-state index in [-0.39, 0.29) is 24.7 Å². The van der Waals surface area contributed by atoms with Crippen molar-refractivity contribution in [2.75, 3.05) is 6.61 Å². The standard InChI is InChI=1S/C16H18F3N3O3/c1-3-7-22-13(12(9-21-22)15(23)24-4-2)10-25-14-6-5-11(8-20-14)16(17,18)19/h5-6,8-9H,3-4,7,10H2,1-2H3. The minimum atomic E-state index is -4.46. The van der Waals surface area contributed by atoms with E-state index in [2.05, 4.69) is 10.1 Å². The summed E-state index contributed by atoms with van der Waals surface area (Å²) in [5.74, 6) is -0.504. The zero-order chi connectivity index (χ0) is 18.4. The summed E-state index contributed by atoms with van der Waals surface area (Å²) in [6.45, 7) is 4.37. The van der Waals surface area contributed by atoms with Crippen molar-refractivity contribution in [2.24, 2.45) is 0 Å². The normalized spacial score (nSPS) is 11.4. The Morgan fingerprint density at radius 1 is 1.24 bits per heavy atom. The second kappa shape index (κ2) is 8.00. The summed E-state index contributed by atoms with van der Waals surface area (Å²) < 4.78 is 49.6. The Bertz CT molecular complexity index is 712. The van der Waals surface area contributed by atoms with Crippen LogP contribution in [0.2, 0.25) is 0 Å². The van der Waals surface area contributed by atoms with Crippen molar-refractivity contribution in [3.63, 3.8) is 0 Å². The number of rotatable bonds is 7. The van der Waals surface area contributed by atoms with Crippen molar-refractivity contribution in [2.45, 2.75) is 39.6 Å². The van der Waals surface area contributed by atoms with E-state index in [1.165, 1.54) is 6.20 Å². The highest BCUT2D eigenvalue weighted by Crippen LogP contribution is 2.29. The number of esters is 1. The molecule has 9 heteroatoms. The van der Waals surface area contributed by atoms with E-state index >= 15 is 0 Å². The third-order valence-electron chi connectivity index (χ3n) is 3.30. The van der Waals surface area contributed by atoms with Crippen LogP contribution in [-0.2, 0) is 24.1 Å². The number of ether oxygens (including phenoxy) is 2. The van der Waals surface area contributed by atoms with Crippen LogP contribution in [0.25, 0.3) is 0 Å². The van der Waals surface area contributed by atoms with E-state index in [1.807, 2.05) is 6.92 Å². The van der Waals surface area contributed by atoms with Gasteiger partial charge in [0.15, 0.2) is 0 Å². The minimum absolute atomic E-state index is 0.0204. The third-order valence-corrected chi connectivity index (χ3v) is 3.30. The van der Waals surface area contributed by atoms with Gasteiger partial charge in [0.25, 0.3) is 0 Å². The second-order valence-corrected chi connectivity index (χ2v) is 5.12. The van der Waals surface area contributed by atoms with Gasteiger partial charge in [-0.05, 0) is 19.4 Å². The largest absolute Gasteiger partial charge is 0.471 e. The van der Waals surface area contributed by atoms with Gasteiger partial charge in [-0.3, -0.25) is 4.68 Å². The number of hydrogen-bond donors (Lipinski definition) is 0. The highest BCUT2D eigenvalue weighted by atomic mass is 19.4. The number of halogens is 3. The molecule has 0 spiro atoms. The molecule has 0 saturated carbocycles. The van der Waals surface area contributed by atoms with E-state index < -0.39 is 17.7 Å². The zero-order valence-electron chi connectivity index (χ0n) is 13.8. The molecule has 0 unspecified atom stereocenters. The summed E-state index contributed by atoms with van der Waals surface area (Å²) in [5, 5.41) is 4.13. The van der Waals surface area contributed by atoms with Crippen LogP contribution >= 0.6 is 0 Å². The Morgan fingerprint density at radius 3 is 2.56 bits per heavy atom. The Balaban J connectivity index is 2.15. The van der Waals surface area contributed by atoms with Crippen LogP contribution in [0, 0.1) is 0 Å². The van der Waals surface area contributed by atoms with Gasteiger partial charge in [-0.2, -0.15) is 18.3 Å². The summed E-state index contributed by atoms with van der Waals surface area (Å²) in [6.07, 6.45) is -1.57. The number of carbonyl (C=O) groups excluding carboxylic acids is 1. The zero-order valence-corrected chi connectivity index (χ0v) is 13.8. The van der Waals surface area contributed by atoms with Crippen molar-refractivity contribution in [1.29, 1.82) is 0 Å². The van der Waals surface area contributed by atoms with E-state index in [0.29, 0.717) is 18.4 Å². The molecule has 0 amide bonds. The van der Waals surface area contributed by atoms with Crippen LogP contribution in [0.5, 0.6) is 5.88 Å². The molecule has 0 aliphatic heterocycles. The van der Waals surface area contributed by atoms with Crippen LogP contribution in [-0.4, -0.2) is 27.3 Å². The Labute approximate surface area is 142 Å². The van der Waals surface area contributed by atoms with Gasteiger partial charge in [-0.1, -0.05) is 6.92 Å². The van der Waals surface area contributed by atoms with Crippen molar-refractivity contribution in [3.05, 3.63) is 41.3 Å². The number of aryl methyl sites for hydroxylation is 1. The number of hydrogen-bond acceptors (Lipinski definition) is 5. The Hall–Kier alpha value is -2.58. The minimum Gasteiger partial charge on any atom is -0.471 e. The molecule has 0 N–H and O–H groups in total. The summed E-state index contributed by atoms with van der Waals surface area (Å²) in [7, 11) is 0. The average Bonchev–Trinajstić information content (AvgIpc) is 2.96. The molecule has 2 aromatic rings. The van der Waals surface area contributed by atoms with Gasteiger partial charge in [0.2, 0.25) is 5.88 Å². The molecular formula is C16H18F3N3O3. The lowest BCUT2D eigenvalue weighted by Gasteiger charge is -2.11. The topological polar surface area (TPSA) is 66.2 Å². The van der Waals surface area contributed by atoms with Crippen LogP contribution < -0.4 is 4.74 Å². The molecule has 0 fully saturated rings. The molecule has 2 rings (SSSR count). The van der Waals surface area contributed by atoms with Gasteiger partial charge in [-0.15, -0.1) is 0 Å². The SMILES string of the molecule is CCCn1ncc(C(=O)OCC)c1COc1ccc(C(F)(F)F)cn1. The van der Waals surface area contributed by atoms with Crippen LogP contribution in [0.1, 0.15) is 41.9 Å². The predicted octanol–water partition coefficient (Wildman–Crippen LogP) is 3.46. The first-order valence-corrected chi connectivity index (χ1v) is 7.74. The van der Waals surface area contributed by atoms with Gasteiger partial charge >= 0.3 is 12.1 Å². The van der Waals surface area contributed by atoms with Crippen molar-refractivity contribution < 1.29 is 27.4 Å². The van der Waals surface area contributed by atoms with E-state index in [4.69, 9.17) is 9.47 Å². The van der Waals surface area contributed by atoms with Crippen LogP contribution in [0.4, 0.5) is 13.2 Å². The molecule has 2 aromatic heterocycles. The second-order valence-electron chi connectivity index (χ2n) is 5.12. The summed E-state index contributed by atoms with van der Waals surface area (Å²) in [6, 6.07) is 2.02.